The second-order valence-electron chi connectivity index (χ2n) is 4.88. The van der Waals surface area contributed by atoms with Gasteiger partial charge in [0.25, 0.3) is 0 Å². The maximum atomic E-state index is 11.2. The first kappa shape index (κ1) is 15.6. The molecule has 0 fully saturated rings. The third kappa shape index (κ3) is 3.25. The van der Waals surface area contributed by atoms with E-state index in [0.717, 1.165) is 32.7 Å². The quantitative estimate of drug-likeness (QED) is 0.692. The third-order valence-electron chi connectivity index (χ3n) is 3.27. The molecule has 3 aromatic rings. The van der Waals surface area contributed by atoms with Gasteiger partial charge in [0.15, 0.2) is 11.4 Å². The van der Waals surface area contributed by atoms with Crippen molar-refractivity contribution in [3.8, 4) is 16.3 Å². The summed E-state index contributed by atoms with van der Waals surface area (Å²) in [5.74, 6) is 0.647. The SMILES string of the molecule is COc1ccc(Nc2nc(-c3sc(C)nc3C)cs2)c(C=O)c1. The van der Waals surface area contributed by atoms with Crippen LogP contribution in [0.25, 0.3) is 10.6 Å². The second kappa shape index (κ2) is 6.47. The van der Waals surface area contributed by atoms with Crippen LogP contribution >= 0.6 is 22.7 Å². The summed E-state index contributed by atoms with van der Waals surface area (Å²) < 4.78 is 5.13. The Morgan fingerprint density at radius 1 is 1.26 bits per heavy atom. The summed E-state index contributed by atoms with van der Waals surface area (Å²) in [4.78, 5) is 21.3. The highest BCUT2D eigenvalue weighted by Gasteiger charge is 2.12. The highest BCUT2D eigenvalue weighted by Crippen LogP contribution is 2.33. The van der Waals surface area contributed by atoms with Gasteiger partial charge in [0.1, 0.15) is 5.75 Å². The lowest BCUT2D eigenvalue weighted by atomic mass is 10.2. The number of thiazole rings is 2. The molecule has 1 aromatic carbocycles. The van der Waals surface area contributed by atoms with Crippen molar-refractivity contribution in [1.82, 2.24) is 9.97 Å². The number of ether oxygens (including phenoxy) is 1. The average molecular weight is 345 g/mol. The molecule has 0 atom stereocenters. The monoisotopic (exact) mass is 345 g/mol. The molecular weight excluding hydrogens is 330 g/mol. The Morgan fingerprint density at radius 3 is 2.74 bits per heavy atom. The van der Waals surface area contributed by atoms with Crippen LogP contribution in [-0.4, -0.2) is 23.4 Å². The number of nitrogens with one attached hydrogen (secondary N) is 1. The van der Waals surface area contributed by atoms with Crippen LogP contribution in [0.1, 0.15) is 21.1 Å². The first-order valence-electron chi connectivity index (χ1n) is 6.91. The van der Waals surface area contributed by atoms with Crippen LogP contribution in [0.5, 0.6) is 5.75 Å². The maximum absolute atomic E-state index is 11.2. The molecule has 0 spiro atoms. The smallest absolute Gasteiger partial charge is 0.187 e. The van der Waals surface area contributed by atoms with Crippen molar-refractivity contribution in [3.05, 3.63) is 39.8 Å². The fourth-order valence-electron chi connectivity index (χ4n) is 2.20. The summed E-state index contributed by atoms with van der Waals surface area (Å²) in [6.07, 6.45) is 0.802. The van der Waals surface area contributed by atoms with Crippen molar-refractivity contribution in [3.63, 3.8) is 0 Å². The van der Waals surface area contributed by atoms with Crippen molar-refractivity contribution in [2.45, 2.75) is 13.8 Å². The number of carbonyl (C=O) groups is 1. The van der Waals surface area contributed by atoms with Gasteiger partial charge < -0.3 is 10.1 Å². The van der Waals surface area contributed by atoms with Gasteiger partial charge in [-0.2, -0.15) is 0 Å². The Morgan fingerprint density at radius 2 is 2.09 bits per heavy atom. The lowest BCUT2D eigenvalue weighted by Gasteiger charge is -2.07. The van der Waals surface area contributed by atoms with Crippen molar-refractivity contribution in [1.29, 1.82) is 0 Å². The largest absolute Gasteiger partial charge is 0.497 e. The highest BCUT2D eigenvalue weighted by molar-refractivity contribution is 7.16. The van der Waals surface area contributed by atoms with E-state index in [2.05, 4.69) is 15.3 Å². The number of hydrogen-bond donors (Lipinski definition) is 1. The maximum Gasteiger partial charge on any atom is 0.187 e. The predicted octanol–water partition coefficient (Wildman–Crippen LogP) is 4.45. The van der Waals surface area contributed by atoms with Crippen molar-refractivity contribution < 1.29 is 9.53 Å². The molecule has 118 valence electrons. The van der Waals surface area contributed by atoms with Crippen LogP contribution in [0.4, 0.5) is 10.8 Å². The second-order valence-corrected chi connectivity index (χ2v) is 6.94. The molecule has 0 aliphatic rings. The van der Waals surface area contributed by atoms with Crippen LogP contribution in [0, 0.1) is 13.8 Å². The van der Waals surface area contributed by atoms with Gasteiger partial charge in [-0.25, -0.2) is 9.97 Å². The molecule has 2 heterocycles. The van der Waals surface area contributed by atoms with Gasteiger partial charge in [-0.1, -0.05) is 0 Å². The Kier molecular flexibility index (Phi) is 4.40. The van der Waals surface area contributed by atoms with Crippen molar-refractivity contribution in [2.24, 2.45) is 0 Å². The molecule has 0 saturated heterocycles. The van der Waals surface area contributed by atoms with E-state index >= 15 is 0 Å². The van der Waals surface area contributed by atoms with Crippen LogP contribution < -0.4 is 10.1 Å². The van der Waals surface area contributed by atoms with Gasteiger partial charge in [-0.3, -0.25) is 4.79 Å². The summed E-state index contributed by atoms with van der Waals surface area (Å²) in [6, 6.07) is 5.31. The van der Waals surface area contributed by atoms with E-state index in [0.29, 0.717) is 17.0 Å². The molecule has 0 saturated carbocycles. The van der Waals surface area contributed by atoms with Crippen molar-refractivity contribution in [2.75, 3.05) is 12.4 Å². The topological polar surface area (TPSA) is 64.1 Å². The number of methoxy groups -OCH3 is 1. The van der Waals surface area contributed by atoms with E-state index in [1.54, 1.807) is 30.6 Å². The lowest BCUT2D eigenvalue weighted by molar-refractivity contribution is 0.112. The summed E-state index contributed by atoms with van der Waals surface area (Å²) in [5.41, 5.74) is 3.13. The minimum atomic E-state index is 0.533. The standard InChI is InChI=1S/C16H15N3O2S2/c1-9-15(23-10(2)17-9)14-8-22-16(19-14)18-13-5-4-12(21-3)6-11(13)7-20/h4-8H,1-3H3,(H,18,19). The zero-order chi connectivity index (χ0) is 16.4. The van der Waals surface area contributed by atoms with Crippen molar-refractivity contribution >= 4 is 39.8 Å². The lowest BCUT2D eigenvalue weighted by Crippen LogP contribution is -1.96. The predicted molar refractivity (Wildman–Crippen MR) is 94.4 cm³/mol. The number of carbonyl (C=O) groups excluding carboxylic acids is 1. The number of hydrogen-bond acceptors (Lipinski definition) is 7. The molecule has 5 nitrogen and oxygen atoms in total. The van der Waals surface area contributed by atoms with E-state index in [4.69, 9.17) is 4.74 Å². The molecule has 1 N–H and O–H groups in total. The highest BCUT2D eigenvalue weighted by atomic mass is 32.1. The summed E-state index contributed by atoms with van der Waals surface area (Å²) in [6.45, 7) is 3.97. The van der Waals surface area contributed by atoms with E-state index in [1.165, 1.54) is 11.3 Å². The summed E-state index contributed by atoms with van der Waals surface area (Å²) in [5, 5.41) is 6.95. The van der Waals surface area contributed by atoms with E-state index in [9.17, 15) is 4.79 Å². The van der Waals surface area contributed by atoms with Gasteiger partial charge in [-0.15, -0.1) is 22.7 Å². The first-order valence-corrected chi connectivity index (χ1v) is 8.60. The van der Waals surface area contributed by atoms with Crippen LogP contribution in [-0.2, 0) is 0 Å². The van der Waals surface area contributed by atoms with Gasteiger partial charge >= 0.3 is 0 Å². The zero-order valence-corrected chi connectivity index (χ0v) is 14.5. The summed E-state index contributed by atoms with van der Waals surface area (Å²) in [7, 11) is 1.57. The van der Waals surface area contributed by atoms with E-state index < -0.39 is 0 Å². The molecule has 0 amide bonds. The number of aromatic nitrogens is 2. The molecule has 0 unspecified atom stereocenters. The number of aryl methyl sites for hydroxylation is 2. The summed E-state index contributed by atoms with van der Waals surface area (Å²) >= 11 is 3.13. The Balaban J connectivity index is 1.87. The van der Waals surface area contributed by atoms with Crippen LogP contribution in [0.2, 0.25) is 0 Å². The number of anilines is 2. The number of nitrogens with zero attached hydrogens (tertiary/aromatic N) is 2. The Bertz CT molecular complexity index is 855. The fourth-order valence-corrected chi connectivity index (χ4v) is 3.87. The molecule has 23 heavy (non-hydrogen) atoms. The van der Waals surface area contributed by atoms with Gasteiger partial charge in [0.2, 0.25) is 0 Å². The molecule has 2 aromatic heterocycles. The molecular formula is C16H15N3O2S2. The molecule has 0 aliphatic heterocycles. The van der Waals surface area contributed by atoms with E-state index in [1.807, 2.05) is 25.3 Å². The van der Waals surface area contributed by atoms with Crippen LogP contribution in [0.15, 0.2) is 23.6 Å². The fraction of sp³-hybridized carbons (Fsp3) is 0.188. The van der Waals surface area contributed by atoms with Gasteiger partial charge in [0.05, 0.1) is 34.1 Å². The van der Waals surface area contributed by atoms with E-state index in [-0.39, 0.29) is 0 Å². The molecule has 0 aliphatic carbocycles. The average Bonchev–Trinajstić information content (AvgIpc) is 3.13. The number of rotatable bonds is 5. The third-order valence-corrected chi connectivity index (χ3v) is 5.12. The van der Waals surface area contributed by atoms with Crippen LogP contribution in [0.3, 0.4) is 0 Å². The minimum Gasteiger partial charge on any atom is -0.497 e. The molecule has 3 rings (SSSR count). The van der Waals surface area contributed by atoms with Gasteiger partial charge in [0, 0.05) is 10.9 Å². The van der Waals surface area contributed by atoms with Gasteiger partial charge in [-0.05, 0) is 32.0 Å². The molecule has 0 radical (unpaired) electrons. The normalized spacial score (nSPS) is 10.6. The zero-order valence-electron chi connectivity index (χ0n) is 12.9. The number of benzene rings is 1. The molecule has 0 bridgehead atoms. The molecule has 7 heteroatoms. The number of aldehydes is 1. The minimum absolute atomic E-state index is 0.533. The first-order chi connectivity index (χ1) is 11.1. The Labute approximate surface area is 142 Å². The Hall–Kier alpha value is -2.25.